The Kier molecular flexibility index (Phi) is 18.9. The van der Waals surface area contributed by atoms with Crippen LogP contribution in [0.2, 0.25) is 10.0 Å². The maximum Gasteiger partial charge on any atom is 0.212 e. The summed E-state index contributed by atoms with van der Waals surface area (Å²) < 4.78 is 59.3. The van der Waals surface area contributed by atoms with E-state index in [0.29, 0.717) is 74.3 Å². The number of rotatable bonds is 9. The van der Waals surface area contributed by atoms with Crippen LogP contribution in [-0.2, 0) is 12.8 Å². The molecule has 1 saturated heterocycles. The minimum atomic E-state index is -0.562. The van der Waals surface area contributed by atoms with Crippen molar-refractivity contribution in [2.24, 2.45) is 0 Å². The Hall–Kier alpha value is -4.01. The topological polar surface area (TPSA) is 87.9 Å². The normalized spacial score (nSPS) is 14.5. The van der Waals surface area contributed by atoms with Crippen LogP contribution >= 0.6 is 23.2 Å². The summed E-state index contributed by atoms with van der Waals surface area (Å²) in [5.74, 6) is 0.457. The minimum Gasteiger partial charge on any atom is -0.496 e. The van der Waals surface area contributed by atoms with Gasteiger partial charge in [-0.2, -0.15) is 4.39 Å². The van der Waals surface area contributed by atoms with Gasteiger partial charge in [-0.05, 0) is 103 Å². The summed E-state index contributed by atoms with van der Waals surface area (Å²) >= 11 is 12.1. The first-order valence-electron chi connectivity index (χ1n) is 20.0. The van der Waals surface area contributed by atoms with Gasteiger partial charge in [-0.3, -0.25) is 0 Å². The third-order valence-electron chi connectivity index (χ3n) is 10.2. The summed E-state index contributed by atoms with van der Waals surface area (Å²) in [4.78, 5) is 10.2. The Morgan fingerprint density at radius 2 is 1.20 bits per heavy atom. The molecule has 6 aromatic rings. The summed E-state index contributed by atoms with van der Waals surface area (Å²) in [5.41, 5.74) is 4.74. The number of hydrogen-bond acceptors (Lipinski definition) is 7. The second-order valence-corrected chi connectivity index (χ2v) is 15.3. The molecule has 1 aliphatic heterocycles. The van der Waals surface area contributed by atoms with E-state index in [4.69, 9.17) is 39.1 Å². The Morgan fingerprint density at radius 1 is 0.689 bits per heavy atom. The molecule has 3 heterocycles. The van der Waals surface area contributed by atoms with Crippen molar-refractivity contribution >= 4 is 37.4 Å². The van der Waals surface area contributed by atoms with E-state index in [0.717, 1.165) is 42.8 Å². The van der Waals surface area contributed by atoms with Gasteiger partial charge in [-0.15, -0.1) is 0 Å². The molecule has 0 spiro atoms. The number of halogens is 5. The van der Waals surface area contributed by atoms with Crippen molar-refractivity contribution in [3.8, 4) is 33.8 Å². The van der Waals surface area contributed by atoms with Crippen LogP contribution in [0.4, 0.5) is 19.0 Å². The fourth-order valence-electron chi connectivity index (χ4n) is 7.16. The molecule has 1 saturated carbocycles. The third-order valence-corrected chi connectivity index (χ3v) is 10.7. The predicted octanol–water partition coefficient (Wildman–Crippen LogP) is 10.3. The first kappa shape index (κ1) is 48.0. The van der Waals surface area contributed by atoms with Crippen molar-refractivity contribution in [2.45, 2.75) is 57.2 Å². The maximum atomic E-state index is 15.4. The van der Waals surface area contributed by atoms with E-state index in [1.807, 2.05) is 18.2 Å². The Bertz CT molecular complexity index is 2330. The number of pyridine rings is 2. The molecule has 61 heavy (non-hydrogen) atoms. The van der Waals surface area contributed by atoms with Gasteiger partial charge in [-0.25, -0.2) is 18.7 Å². The maximum absolute atomic E-state index is 15.4. The molecule has 2 radical (unpaired) electrons. The van der Waals surface area contributed by atoms with Crippen LogP contribution in [0, 0.1) is 48.7 Å². The summed E-state index contributed by atoms with van der Waals surface area (Å²) in [6.45, 7) is 1.39. The van der Waals surface area contributed by atoms with Gasteiger partial charge in [-0.1, -0.05) is 84.6 Å². The zero-order valence-corrected chi connectivity index (χ0v) is 39.6. The van der Waals surface area contributed by atoms with Gasteiger partial charge in [0, 0.05) is 87.9 Å². The van der Waals surface area contributed by atoms with Crippen molar-refractivity contribution in [3.05, 3.63) is 159 Å². The van der Waals surface area contributed by atoms with E-state index in [-0.39, 0.29) is 55.0 Å². The number of aromatic nitrogens is 2. The number of hydrogen-bond donors (Lipinski definition) is 2. The van der Waals surface area contributed by atoms with Crippen LogP contribution in [0.3, 0.4) is 0 Å². The fourth-order valence-corrected chi connectivity index (χ4v) is 7.54. The number of methoxy groups -OCH3 is 2. The molecule has 8 rings (SSSR count). The molecule has 14 heteroatoms. The second kappa shape index (κ2) is 24.0. The van der Waals surface area contributed by atoms with E-state index in [9.17, 15) is 9.50 Å². The van der Waals surface area contributed by atoms with Crippen molar-refractivity contribution in [1.82, 2.24) is 9.97 Å². The number of anilines is 1. The number of β-amino-alcohol motifs (C(OH)–C–C–N with tert-alkyl or cyclic N) is 1. The standard InChI is InChI=1S/C23H22ClFN2O2.C19H14ClF2NO.C5H10O.BH.U/c1-29-20-7-6-17(23(25)22(20)16-3-2-4-18(24)12-16)11-15-5-8-21(26-13-15)27-10-9-19(28)14-27;1-24-16-7-6-14(9-12-5-8-17(21)23-11-12)19(22)18(16)13-3-2-4-15(20)10-13;6-5-3-1-2-4-5;;/h2-8,12-13,19,28H,9-11,14H2,1H3;2-8,10-11H,9H2,1H3;5-6H,1-4H2;1H;/i;;;1D;. The smallest absolute Gasteiger partial charge is 0.212 e. The average Bonchev–Trinajstić information content (AvgIpc) is 3.95. The van der Waals surface area contributed by atoms with E-state index >= 15 is 8.78 Å². The molecule has 7 nitrogen and oxygen atoms in total. The van der Waals surface area contributed by atoms with Crippen molar-refractivity contribution in [1.29, 1.82) is 1.34 Å². The van der Waals surface area contributed by atoms with Crippen LogP contribution in [0.5, 0.6) is 11.5 Å². The number of aliphatic hydroxyl groups is 2. The van der Waals surface area contributed by atoms with Gasteiger partial charge in [0.15, 0.2) is 0 Å². The Labute approximate surface area is 392 Å². The average molecular weight is 1100 g/mol. The van der Waals surface area contributed by atoms with E-state index in [1.54, 1.807) is 79.0 Å². The fraction of sp³-hybridized carbons (Fsp3) is 0.277. The van der Waals surface area contributed by atoms with Gasteiger partial charge in [0.25, 0.3) is 0 Å². The summed E-state index contributed by atoms with van der Waals surface area (Å²) in [5, 5.41) is 19.5. The molecule has 2 aromatic heterocycles. The number of aliphatic hydroxyl groups excluding tert-OH is 2. The Morgan fingerprint density at radius 3 is 1.57 bits per heavy atom. The molecule has 316 valence electrons. The SMILES string of the molecule is COc1ccc(Cc2ccc(F)nc2)c(F)c1-c1cccc(Cl)c1.COc1ccc(Cc2ccc(N3CCC(O)C3)nc2)c(F)c1-c1cccc(Cl)c1.OC1CCCC1.[2H][B].[U]. The molecule has 1 unspecified atom stereocenters. The quantitative estimate of drug-likeness (QED) is 0.110. The molecular formula is C47H47BCl2F3N3O4U. The zero-order chi connectivity index (χ0) is 43.9. The molecule has 2 fully saturated rings. The largest absolute Gasteiger partial charge is 0.496 e. The van der Waals surface area contributed by atoms with E-state index in [2.05, 4.69) is 23.2 Å². The monoisotopic (exact) mass is 1090 g/mol. The molecule has 1 aliphatic carbocycles. The van der Waals surface area contributed by atoms with Gasteiger partial charge in [0.2, 0.25) is 5.95 Å². The van der Waals surface area contributed by atoms with Crippen LogP contribution in [0.15, 0.2) is 109 Å². The zero-order valence-electron chi connectivity index (χ0n) is 34.9. The van der Waals surface area contributed by atoms with Crippen molar-refractivity contribution in [3.63, 3.8) is 0 Å². The second-order valence-electron chi connectivity index (χ2n) is 14.4. The van der Waals surface area contributed by atoms with Gasteiger partial charge >= 0.3 is 0 Å². The Balaban J connectivity index is 0.000000231. The molecular weight excluding hydrogens is 1050 g/mol. The van der Waals surface area contributed by atoms with Crippen LogP contribution in [0.1, 0.15) is 54.4 Å². The number of nitrogens with zero attached hydrogens (tertiary/aromatic N) is 3. The third kappa shape index (κ3) is 13.5. The van der Waals surface area contributed by atoms with Crippen molar-refractivity contribution in [2.75, 3.05) is 32.2 Å². The molecule has 2 aliphatic rings. The van der Waals surface area contributed by atoms with Crippen LogP contribution < -0.4 is 14.4 Å². The van der Waals surface area contributed by atoms with Gasteiger partial charge in [0.05, 0.1) is 37.6 Å². The molecule has 2 N–H and O–H groups in total. The van der Waals surface area contributed by atoms with E-state index in [1.165, 1.54) is 39.3 Å². The summed E-state index contributed by atoms with van der Waals surface area (Å²) in [6, 6.07) is 27.7. The number of ether oxygens (including phenoxy) is 2. The van der Waals surface area contributed by atoms with Crippen molar-refractivity contribution < 1.29 is 64.0 Å². The molecule has 1 atom stereocenters. The number of benzene rings is 4. The van der Waals surface area contributed by atoms with Crippen LogP contribution in [-0.4, -0.2) is 69.4 Å². The molecule has 0 bridgehead atoms. The predicted molar refractivity (Wildman–Crippen MR) is 235 cm³/mol. The molecule has 0 amide bonds. The first-order chi connectivity index (χ1) is 29.5. The summed E-state index contributed by atoms with van der Waals surface area (Å²) in [7, 11) is 6.77. The molecule has 4 aromatic carbocycles. The van der Waals surface area contributed by atoms with Gasteiger partial charge in [0.1, 0.15) is 29.0 Å². The summed E-state index contributed by atoms with van der Waals surface area (Å²) in [6.07, 6.45) is 8.95. The first-order valence-corrected chi connectivity index (χ1v) is 20.2. The van der Waals surface area contributed by atoms with Gasteiger partial charge < -0.3 is 24.6 Å². The van der Waals surface area contributed by atoms with Crippen LogP contribution in [0.25, 0.3) is 22.3 Å². The minimum absolute atomic E-state index is 0. The van der Waals surface area contributed by atoms with E-state index < -0.39 is 5.95 Å².